The van der Waals surface area contributed by atoms with E-state index in [0.717, 1.165) is 29.0 Å². The van der Waals surface area contributed by atoms with Crippen molar-refractivity contribution >= 4 is 11.7 Å². The molecule has 2 aromatic rings. The third-order valence-corrected chi connectivity index (χ3v) is 5.21. The van der Waals surface area contributed by atoms with Crippen molar-refractivity contribution in [2.45, 2.75) is 18.4 Å². The molecular weight excluding hydrogens is 326 g/mol. The van der Waals surface area contributed by atoms with Gasteiger partial charge < -0.3 is 20.0 Å². The van der Waals surface area contributed by atoms with Crippen molar-refractivity contribution in [3.8, 4) is 5.75 Å². The molecule has 4 nitrogen and oxygen atoms in total. The SMILES string of the molecule is C=CCOc1ccccc1[C@H]1Nc2ccc(C(=O)[O-])cc2[C@H]2C=CC[C@H]21. The summed E-state index contributed by atoms with van der Waals surface area (Å²) in [4.78, 5) is 11.2. The monoisotopic (exact) mass is 346 g/mol. The van der Waals surface area contributed by atoms with Gasteiger partial charge in [0.25, 0.3) is 0 Å². The fraction of sp³-hybridized carbons (Fsp3) is 0.227. The summed E-state index contributed by atoms with van der Waals surface area (Å²) in [5.74, 6) is 0.206. The lowest BCUT2D eigenvalue weighted by molar-refractivity contribution is -0.255. The Balaban J connectivity index is 1.75. The van der Waals surface area contributed by atoms with Crippen LogP contribution in [0.4, 0.5) is 5.69 Å². The summed E-state index contributed by atoms with van der Waals surface area (Å²) in [6, 6.07) is 13.3. The van der Waals surface area contributed by atoms with Crippen LogP contribution in [0.1, 0.15) is 39.9 Å². The van der Waals surface area contributed by atoms with Gasteiger partial charge in [0.2, 0.25) is 0 Å². The van der Waals surface area contributed by atoms with Gasteiger partial charge in [-0.2, -0.15) is 0 Å². The molecule has 4 rings (SSSR count). The summed E-state index contributed by atoms with van der Waals surface area (Å²) in [5, 5.41) is 14.8. The third kappa shape index (κ3) is 2.77. The maximum atomic E-state index is 11.2. The number of carboxylic acids is 1. The average Bonchev–Trinajstić information content (AvgIpc) is 3.15. The molecule has 1 aliphatic carbocycles. The van der Waals surface area contributed by atoms with Crippen LogP contribution in [0.15, 0.2) is 67.3 Å². The molecule has 2 aliphatic rings. The molecule has 0 saturated heterocycles. The zero-order valence-corrected chi connectivity index (χ0v) is 14.4. The molecule has 2 aromatic carbocycles. The van der Waals surface area contributed by atoms with E-state index in [-0.39, 0.29) is 17.5 Å². The molecule has 0 radical (unpaired) electrons. The van der Waals surface area contributed by atoms with Crippen LogP contribution in [0.25, 0.3) is 0 Å². The first-order valence-electron chi connectivity index (χ1n) is 8.80. The first-order chi connectivity index (χ1) is 12.7. The van der Waals surface area contributed by atoms with Gasteiger partial charge in [-0.05, 0) is 41.7 Å². The number of carbonyl (C=O) groups excluding carboxylic acids is 1. The lowest BCUT2D eigenvalue weighted by Gasteiger charge is -2.38. The molecule has 132 valence electrons. The number of fused-ring (bicyclic) bond motifs is 3. The molecular formula is C22H20NO3-. The van der Waals surface area contributed by atoms with Gasteiger partial charge in [0.15, 0.2) is 0 Å². The number of allylic oxidation sites excluding steroid dienone is 2. The highest BCUT2D eigenvalue weighted by molar-refractivity contribution is 5.87. The molecule has 0 unspecified atom stereocenters. The molecule has 26 heavy (non-hydrogen) atoms. The number of anilines is 1. The molecule has 4 heteroatoms. The molecule has 0 aromatic heterocycles. The van der Waals surface area contributed by atoms with Crippen molar-refractivity contribution in [2.75, 3.05) is 11.9 Å². The first-order valence-corrected chi connectivity index (χ1v) is 8.80. The Labute approximate surface area is 152 Å². The quantitative estimate of drug-likeness (QED) is 0.843. The molecule has 0 fully saturated rings. The highest BCUT2D eigenvalue weighted by atomic mass is 16.5. The average molecular weight is 346 g/mol. The van der Waals surface area contributed by atoms with Crippen molar-refractivity contribution in [3.05, 3.63) is 84.0 Å². The van der Waals surface area contributed by atoms with Crippen LogP contribution in [0.3, 0.4) is 0 Å². The van der Waals surface area contributed by atoms with Gasteiger partial charge in [0.1, 0.15) is 12.4 Å². The van der Waals surface area contributed by atoms with E-state index in [1.165, 1.54) is 0 Å². The summed E-state index contributed by atoms with van der Waals surface area (Å²) in [6.45, 7) is 4.18. The summed E-state index contributed by atoms with van der Waals surface area (Å²) in [7, 11) is 0. The van der Waals surface area contributed by atoms with Gasteiger partial charge in [-0.25, -0.2) is 0 Å². The molecule has 0 amide bonds. The van der Waals surface area contributed by atoms with E-state index in [1.54, 1.807) is 18.2 Å². The van der Waals surface area contributed by atoms with E-state index in [0.29, 0.717) is 12.5 Å². The largest absolute Gasteiger partial charge is 0.545 e. The number of carbonyl (C=O) groups is 1. The lowest BCUT2D eigenvalue weighted by atomic mass is 9.76. The maximum absolute atomic E-state index is 11.2. The molecule has 0 saturated carbocycles. The second-order valence-corrected chi connectivity index (χ2v) is 6.70. The van der Waals surface area contributed by atoms with Crippen molar-refractivity contribution in [1.82, 2.24) is 0 Å². The lowest BCUT2D eigenvalue weighted by Crippen LogP contribution is -2.30. The van der Waals surface area contributed by atoms with Crippen LogP contribution in [-0.4, -0.2) is 12.6 Å². The van der Waals surface area contributed by atoms with E-state index < -0.39 is 5.97 Å². The van der Waals surface area contributed by atoms with Gasteiger partial charge in [-0.3, -0.25) is 0 Å². The van der Waals surface area contributed by atoms with Crippen LogP contribution in [0, 0.1) is 5.92 Å². The number of carboxylic acid groups (broad SMARTS) is 1. The minimum Gasteiger partial charge on any atom is -0.545 e. The predicted molar refractivity (Wildman–Crippen MR) is 99.3 cm³/mol. The summed E-state index contributed by atoms with van der Waals surface area (Å²) >= 11 is 0. The van der Waals surface area contributed by atoms with Crippen LogP contribution in [-0.2, 0) is 0 Å². The van der Waals surface area contributed by atoms with Crippen molar-refractivity contribution in [2.24, 2.45) is 5.92 Å². The van der Waals surface area contributed by atoms with E-state index in [1.807, 2.05) is 24.3 Å². The van der Waals surface area contributed by atoms with Crippen molar-refractivity contribution < 1.29 is 14.6 Å². The maximum Gasteiger partial charge on any atom is 0.125 e. The molecule has 1 heterocycles. The van der Waals surface area contributed by atoms with Gasteiger partial charge in [-0.15, -0.1) is 0 Å². The van der Waals surface area contributed by atoms with E-state index >= 15 is 0 Å². The number of hydrogen-bond acceptors (Lipinski definition) is 4. The van der Waals surface area contributed by atoms with Crippen LogP contribution >= 0.6 is 0 Å². The number of nitrogens with one attached hydrogen (secondary N) is 1. The number of benzene rings is 2. The van der Waals surface area contributed by atoms with Crippen molar-refractivity contribution in [1.29, 1.82) is 0 Å². The standard InChI is InChI=1S/C22H21NO3/c1-2-12-26-20-9-4-3-6-17(20)21-16-8-5-7-15(16)18-13-14(22(24)25)10-11-19(18)23-21/h2-7,9-11,13,15-16,21,23H,1,8,12H2,(H,24,25)/p-1/t15-,16+,21-/m0/s1. The van der Waals surface area contributed by atoms with Gasteiger partial charge in [0, 0.05) is 17.2 Å². The Morgan fingerprint density at radius 3 is 2.92 bits per heavy atom. The predicted octanol–water partition coefficient (Wildman–Crippen LogP) is 3.44. The Bertz CT molecular complexity index is 887. The van der Waals surface area contributed by atoms with Gasteiger partial charge in [-0.1, -0.05) is 49.1 Å². The molecule has 3 atom stereocenters. The van der Waals surface area contributed by atoms with Crippen molar-refractivity contribution in [3.63, 3.8) is 0 Å². The Morgan fingerprint density at radius 1 is 1.27 bits per heavy atom. The van der Waals surface area contributed by atoms with E-state index in [4.69, 9.17) is 4.74 Å². The van der Waals surface area contributed by atoms with Gasteiger partial charge >= 0.3 is 0 Å². The number of ether oxygens (including phenoxy) is 1. The molecule has 1 aliphatic heterocycles. The number of rotatable bonds is 5. The minimum atomic E-state index is -1.14. The smallest absolute Gasteiger partial charge is 0.125 e. The molecule has 1 N–H and O–H groups in total. The number of hydrogen-bond donors (Lipinski definition) is 1. The van der Waals surface area contributed by atoms with Crippen LogP contribution in [0.2, 0.25) is 0 Å². The highest BCUT2D eigenvalue weighted by Crippen LogP contribution is 2.51. The molecule has 0 spiro atoms. The summed E-state index contributed by atoms with van der Waals surface area (Å²) < 4.78 is 5.86. The fourth-order valence-electron chi connectivity index (χ4n) is 4.05. The zero-order chi connectivity index (χ0) is 18.1. The second-order valence-electron chi connectivity index (χ2n) is 6.70. The highest BCUT2D eigenvalue weighted by Gasteiger charge is 2.39. The normalized spacial score (nSPS) is 22.8. The fourth-order valence-corrected chi connectivity index (χ4v) is 4.05. The Morgan fingerprint density at radius 2 is 2.12 bits per heavy atom. The van der Waals surface area contributed by atoms with Crippen LogP contribution in [0.5, 0.6) is 5.75 Å². The zero-order valence-electron chi connectivity index (χ0n) is 14.4. The van der Waals surface area contributed by atoms with E-state index in [9.17, 15) is 9.90 Å². The summed E-state index contributed by atoms with van der Waals surface area (Å²) in [5.41, 5.74) is 3.32. The summed E-state index contributed by atoms with van der Waals surface area (Å²) in [6.07, 6.45) is 7.04. The Hall–Kier alpha value is -3.01. The number of para-hydroxylation sites is 1. The topological polar surface area (TPSA) is 61.4 Å². The van der Waals surface area contributed by atoms with Gasteiger partial charge in [0.05, 0.1) is 12.0 Å². The Kier molecular flexibility index (Phi) is 4.25. The minimum absolute atomic E-state index is 0.0947. The second kappa shape index (κ2) is 6.71. The third-order valence-electron chi connectivity index (χ3n) is 5.21. The van der Waals surface area contributed by atoms with E-state index in [2.05, 4.69) is 30.1 Å². The van der Waals surface area contributed by atoms with Crippen LogP contribution < -0.4 is 15.2 Å². The first kappa shape index (κ1) is 16.5. The molecule has 0 bridgehead atoms. The number of aromatic carboxylic acids is 1.